The highest BCUT2D eigenvalue weighted by atomic mass is 32.2. The van der Waals surface area contributed by atoms with E-state index in [1.165, 1.54) is 0 Å². The summed E-state index contributed by atoms with van der Waals surface area (Å²) in [5.41, 5.74) is 11.0. The quantitative estimate of drug-likeness (QED) is 0.410. The van der Waals surface area contributed by atoms with Gasteiger partial charge in [0.05, 0.1) is 22.2 Å². The van der Waals surface area contributed by atoms with Crippen molar-refractivity contribution in [2.75, 3.05) is 12.3 Å². The third kappa shape index (κ3) is 4.47. The van der Waals surface area contributed by atoms with Gasteiger partial charge in [-0.3, -0.25) is 4.98 Å². The van der Waals surface area contributed by atoms with Crippen molar-refractivity contribution < 1.29 is 13.5 Å². The molecule has 5 rings (SSSR count). The first-order valence-electron chi connectivity index (χ1n) is 10.6. The minimum Gasteiger partial charge on any atom is -0.487 e. The molecule has 0 bridgehead atoms. The molecule has 1 unspecified atom stereocenters. The lowest BCUT2D eigenvalue weighted by Gasteiger charge is -2.18. The normalized spacial score (nSPS) is 15.2. The molecule has 0 saturated carbocycles. The van der Waals surface area contributed by atoms with E-state index in [9.17, 15) is 8.78 Å². The molecule has 1 aliphatic heterocycles. The van der Waals surface area contributed by atoms with Gasteiger partial charge in [0.25, 0.3) is 0 Å². The average molecular weight is 462 g/mol. The second-order valence-electron chi connectivity index (χ2n) is 7.69. The number of benzene rings is 2. The van der Waals surface area contributed by atoms with E-state index >= 15 is 0 Å². The van der Waals surface area contributed by atoms with Crippen LogP contribution in [0.25, 0.3) is 23.1 Å². The van der Waals surface area contributed by atoms with Crippen LogP contribution in [0.2, 0.25) is 0 Å². The molecule has 0 spiro atoms. The Kier molecular flexibility index (Phi) is 6.07. The maximum Gasteiger partial charge on any atom is 0.161 e. The van der Waals surface area contributed by atoms with Gasteiger partial charge in [-0.05, 0) is 47.5 Å². The molecule has 3 heterocycles. The van der Waals surface area contributed by atoms with Gasteiger partial charge < -0.3 is 10.5 Å². The van der Waals surface area contributed by atoms with Crippen molar-refractivity contribution in [1.29, 1.82) is 0 Å². The lowest BCUT2D eigenvalue weighted by atomic mass is 10.0. The number of hydrogen-bond donors (Lipinski definition) is 1. The van der Waals surface area contributed by atoms with Crippen LogP contribution in [-0.2, 0) is 6.61 Å². The Balaban J connectivity index is 1.49. The Morgan fingerprint density at radius 2 is 1.91 bits per heavy atom. The molecule has 166 valence electrons. The lowest BCUT2D eigenvalue weighted by molar-refractivity contribution is 0.302. The first kappa shape index (κ1) is 21.6. The van der Waals surface area contributed by atoms with E-state index in [0.29, 0.717) is 29.7 Å². The number of aromatic nitrogens is 2. The largest absolute Gasteiger partial charge is 0.487 e. The van der Waals surface area contributed by atoms with Gasteiger partial charge in [-0.15, -0.1) is 11.8 Å². The Morgan fingerprint density at radius 1 is 1.03 bits per heavy atom. The number of nitrogens with two attached hydrogens (primary N) is 1. The molecule has 33 heavy (non-hydrogen) atoms. The van der Waals surface area contributed by atoms with Crippen LogP contribution in [0, 0.1) is 11.6 Å². The SMILES string of the molecule is NCCSC1c2cc(C=Cc3ccc4cc(F)c(F)cc4n3)ccc2OCc2ncccc21. The maximum absolute atomic E-state index is 13.6. The number of nitrogens with zero attached hydrogens (tertiary/aromatic N) is 2. The highest BCUT2D eigenvalue weighted by Crippen LogP contribution is 2.44. The fourth-order valence-corrected chi connectivity index (χ4v) is 5.03. The van der Waals surface area contributed by atoms with Gasteiger partial charge in [0.1, 0.15) is 12.4 Å². The summed E-state index contributed by atoms with van der Waals surface area (Å²) in [7, 11) is 0. The fourth-order valence-electron chi connectivity index (χ4n) is 3.90. The molecule has 0 amide bonds. The monoisotopic (exact) mass is 461 g/mol. The van der Waals surface area contributed by atoms with E-state index in [-0.39, 0.29) is 5.25 Å². The molecule has 2 aromatic carbocycles. The van der Waals surface area contributed by atoms with E-state index < -0.39 is 11.6 Å². The van der Waals surface area contributed by atoms with E-state index in [1.54, 1.807) is 30.1 Å². The number of halogens is 2. The van der Waals surface area contributed by atoms with Crippen LogP contribution in [0.1, 0.15) is 33.3 Å². The van der Waals surface area contributed by atoms with Gasteiger partial charge in [0, 0.05) is 35.5 Å². The summed E-state index contributed by atoms with van der Waals surface area (Å²) in [4.78, 5) is 8.95. The Labute approximate surface area is 194 Å². The number of thioether (sulfide) groups is 1. The Bertz CT molecular complexity index is 1360. The minimum atomic E-state index is -0.905. The van der Waals surface area contributed by atoms with Crippen LogP contribution < -0.4 is 10.5 Å². The molecule has 0 fully saturated rings. The highest BCUT2D eigenvalue weighted by Gasteiger charge is 2.25. The van der Waals surface area contributed by atoms with Crippen molar-refractivity contribution >= 4 is 34.8 Å². The van der Waals surface area contributed by atoms with Gasteiger partial charge in [-0.25, -0.2) is 13.8 Å². The van der Waals surface area contributed by atoms with Gasteiger partial charge in [-0.2, -0.15) is 0 Å². The van der Waals surface area contributed by atoms with Crippen molar-refractivity contribution in [3.8, 4) is 5.75 Å². The summed E-state index contributed by atoms with van der Waals surface area (Å²) < 4.78 is 33.1. The Morgan fingerprint density at radius 3 is 2.79 bits per heavy atom. The van der Waals surface area contributed by atoms with E-state index in [1.807, 2.05) is 30.4 Å². The van der Waals surface area contributed by atoms with Crippen LogP contribution in [0.5, 0.6) is 5.75 Å². The third-order valence-electron chi connectivity index (χ3n) is 5.49. The molecule has 7 heteroatoms. The zero-order valence-electron chi connectivity index (χ0n) is 17.7. The first-order chi connectivity index (χ1) is 16.1. The van der Waals surface area contributed by atoms with Crippen molar-refractivity contribution in [1.82, 2.24) is 9.97 Å². The molecular formula is C26H21F2N3OS. The summed E-state index contributed by atoms with van der Waals surface area (Å²) in [6.45, 7) is 1.01. The van der Waals surface area contributed by atoms with Crippen molar-refractivity contribution in [2.24, 2.45) is 5.73 Å². The molecule has 4 aromatic rings. The van der Waals surface area contributed by atoms with Gasteiger partial charge in [-0.1, -0.05) is 24.3 Å². The molecule has 2 aromatic heterocycles. The van der Waals surface area contributed by atoms with Gasteiger partial charge in [0.15, 0.2) is 11.6 Å². The smallest absolute Gasteiger partial charge is 0.161 e. The molecule has 0 radical (unpaired) electrons. The molecule has 0 aliphatic carbocycles. The third-order valence-corrected chi connectivity index (χ3v) is 6.80. The topological polar surface area (TPSA) is 61.0 Å². The molecule has 1 atom stereocenters. The summed E-state index contributed by atoms with van der Waals surface area (Å²) in [5.74, 6) is -0.131. The first-order valence-corrected chi connectivity index (χ1v) is 11.6. The second-order valence-corrected chi connectivity index (χ2v) is 8.91. The van der Waals surface area contributed by atoms with Crippen LogP contribution in [0.3, 0.4) is 0 Å². The average Bonchev–Trinajstić information content (AvgIpc) is 2.98. The Hall–Kier alpha value is -3.29. The van der Waals surface area contributed by atoms with Crippen molar-refractivity contribution in [3.63, 3.8) is 0 Å². The summed E-state index contributed by atoms with van der Waals surface area (Å²) >= 11 is 1.78. The minimum absolute atomic E-state index is 0.0692. The van der Waals surface area contributed by atoms with Crippen LogP contribution in [0.4, 0.5) is 8.78 Å². The highest BCUT2D eigenvalue weighted by molar-refractivity contribution is 7.99. The van der Waals surface area contributed by atoms with E-state index in [4.69, 9.17) is 10.5 Å². The summed E-state index contributed by atoms with van der Waals surface area (Å²) in [6, 6.07) is 15.9. The maximum atomic E-state index is 13.6. The number of fused-ring (bicyclic) bond motifs is 3. The molecule has 2 N–H and O–H groups in total. The fraction of sp³-hybridized carbons (Fsp3) is 0.154. The van der Waals surface area contributed by atoms with Crippen LogP contribution in [0.15, 0.2) is 60.8 Å². The van der Waals surface area contributed by atoms with Crippen molar-refractivity contribution in [2.45, 2.75) is 11.9 Å². The predicted molar refractivity (Wildman–Crippen MR) is 129 cm³/mol. The molecule has 4 nitrogen and oxygen atoms in total. The number of rotatable bonds is 5. The molecular weight excluding hydrogens is 440 g/mol. The second kappa shape index (κ2) is 9.29. The molecule has 0 saturated heterocycles. The predicted octanol–water partition coefficient (Wildman–Crippen LogP) is 5.75. The summed E-state index contributed by atoms with van der Waals surface area (Å²) in [5, 5.41) is 0.625. The van der Waals surface area contributed by atoms with Gasteiger partial charge >= 0.3 is 0 Å². The number of hydrogen-bond acceptors (Lipinski definition) is 5. The van der Waals surface area contributed by atoms with E-state index in [0.717, 1.165) is 46.0 Å². The number of ether oxygens (including phenoxy) is 1. The van der Waals surface area contributed by atoms with Crippen LogP contribution in [-0.4, -0.2) is 22.3 Å². The summed E-state index contributed by atoms with van der Waals surface area (Å²) in [6.07, 6.45) is 5.60. The number of pyridine rings is 2. The standard InChI is InChI=1S/C26H21F2N3OS/c27-21-13-17-5-7-18(31-23(17)14-22(21)28)6-3-16-4-8-25-20(12-16)26(33-11-9-29)19-2-1-10-30-24(19)15-32-25/h1-8,10,12-14,26H,9,11,15,29H2. The lowest BCUT2D eigenvalue weighted by Crippen LogP contribution is -2.06. The van der Waals surface area contributed by atoms with E-state index in [2.05, 4.69) is 22.1 Å². The zero-order valence-corrected chi connectivity index (χ0v) is 18.5. The van der Waals surface area contributed by atoms with Crippen molar-refractivity contribution in [3.05, 3.63) is 101 Å². The zero-order chi connectivity index (χ0) is 22.8. The van der Waals surface area contributed by atoms with Crippen LogP contribution >= 0.6 is 11.8 Å². The molecule has 1 aliphatic rings. The van der Waals surface area contributed by atoms with Gasteiger partial charge in [0.2, 0.25) is 0 Å².